The van der Waals surface area contributed by atoms with Crippen LogP contribution in [-0.4, -0.2) is 23.9 Å². The minimum Gasteiger partial charge on any atom is -0.508 e. The third-order valence-electron chi connectivity index (χ3n) is 5.92. The molecule has 3 nitrogen and oxygen atoms in total. The first-order valence-electron chi connectivity index (χ1n) is 7.98. The van der Waals surface area contributed by atoms with Crippen molar-refractivity contribution in [3.8, 4) is 5.75 Å². The van der Waals surface area contributed by atoms with Crippen molar-refractivity contribution in [3.63, 3.8) is 0 Å². The summed E-state index contributed by atoms with van der Waals surface area (Å²) < 4.78 is 19.3. The first-order valence-corrected chi connectivity index (χ1v) is 7.98. The number of benzene rings is 1. The van der Waals surface area contributed by atoms with Crippen LogP contribution in [0.1, 0.15) is 44.2 Å². The predicted octanol–water partition coefficient (Wildman–Crippen LogP) is 3.14. The standard InChI is InChI=1S/C17H22FNO2/c1-10(13-9-11(18)3-4-14(13)20)19-15-12-5-8-21-16(12)17(15)6-2-7-17/h3-4,9-10,12,15-16,19-20H,2,5-8H2,1H3/t10-,12+,15+,16-/m0/s1. The van der Waals surface area contributed by atoms with Crippen LogP contribution in [0.15, 0.2) is 18.2 Å². The van der Waals surface area contributed by atoms with Gasteiger partial charge in [0.2, 0.25) is 0 Å². The lowest BCUT2D eigenvalue weighted by molar-refractivity contribution is -0.178. The van der Waals surface area contributed by atoms with Crippen molar-refractivity contribution in [1.29, 1.82) is 0 Å². The fraction of sp³-hybridized carbons (Fsp3) is 0.647. The quantitative estimate of drug-likeness (QED) is 0.899. The van der Waals surface area contributed by atoms with Gasteiger partial charge in [-0.1, -0.05) is 6.42 Å². The summed E-state index contributed by atoms with van der Waals surface area (Å²) in [4.78, 5) is 0. The molecule has 1 spiro atoms. The van der Waals surface area contributed by atoms with E-state index in [-0.39, 0.29) is 17.6 Å². The summed E-state index contributed by atoms with van der Waals surface area (Å²) >= 11 is 0. The average molecular weight is 291 g/mol. The Hall–Kier alpha value is -1.13. The van der Waals surface area contributed by atoms with Crippen molar-refractivity contribution < 1.29 is 14.2 Å². The van der Waals surface area contributed by atoms with E-state index < -0.39 is 0 Å². The van der Waals surface area contributed by atoms with Crippen LogP contribution in [0, 0.1) is 17.2 Å². The van der Waals surface area contributed by atoms with Gasteiger partial charge in [-0.2, -0.15) is 0 Å². The van der Waals surface area contributed by atoms with Crippen molar-refractivity contribution in [2.24, 2.45) is 11.3 Å². The van der Waals surface area contributed by atoms with Crippen LogP contribution in [0.4, 0.5) is 4.39 Å². The number of nitrogens with one attached hydrogen (secondary N) is 1. The van der Waals surface area contributed by atoms with E-state index in [1.54, 1.807) is 0 Å². The van der Waals surface area contributed by atoms with Crippen LogP contribution >= 0.6 is 0 Å². The van der Waals surface area contributed by atoms with E-state index in [9.17, 15) is 9.50 Å². The number of phenolic OH excluding ortho intramolecular Hbond substituents is 1. The van der Waals surface area contributed by atoms with E-state index >= 15 is 0 Å². The van der Waals surface area contributed by atoms with Gasteiger partial charge in [-0.25, -0.2) is 4.39 Å². The molecule has 0 amide bonds. The van der Waals surface area contributed by atoms with Gasteiger partial charge in [0.05, 0.1) is 6.10 Å². The SMILES string of the molecule is C[C@H](N[C@@H]1[C@H]2CCO[C@@H]2C12CCC2)c1cc(F)ccc1O. The van der Waals surface area contributed by atoms with E-state index in [4.69, 9.17) is 4.74 Å². The molecular formula is C17H22FNO2. The van der Waals surface area contributed by atoms with Gasteiger partial charge in [-0.05, 0) is 44.4 Å². The zero-order valence-corrected chi connectivity index (χ0v) is 12.3. The van der Waals surface area contributed by atoms with Crippen LogP contribution in [0.5, 0.6) is 5.75 Å². The highest BCUT2D eigenvalue weighted by molar-refractivity contribution is 5.35. The molecule has 0 bridgehead atoms. The Bertz CT molecular complexity index is 558. The molecule has 1 aromatic carbocycles. The molecule has 0 radical (unpaired) electrons. The van der Waals surface area contributed by atoms with Gasteiger partial charge in [0.25, 0.3) is 0 Å². The molecule has 1 aromatic rings. The molecule has 4 rings (SSSR count). The van der Waals surface area contributed by atoms with Gasteiger partial charge >= 0.3 is 0 Å². The summed E-state index contributed by atoms with van der Waals surface area (Å²) in [6, 6.07) is 4.55. The van der Waals surface area contributed by atoms with E-state index in [2.05, 4.69) is 5.32 Å². The molecule has 114 valence electrons. The average Bonchev–Trinajstić information content (AvgIpc) is 2.82. The molecule has 4 heteroatoms. The predicted molar refractivity (Wildman–Crippen MR) is 77.5 cm³/mol. The zero-order valence-electron chi connectivity index (χ0n) is 12.3. The molecule has 4 atom stereocenters. The third kappa shape index (κ3) is 1.85. The van der Waals surface area contributed by atoms with Crippen LogP contribution < -0.4 is 5.32 Å². The summed E-state index contributed by atoms with van der Waals surface area (Å²) in [5.74, 6) is 0.451. The Morgan fingerprint density at radius 2 is 2.24 bits per heavy atom. The highest BCUT2D eigenvalue weighted by Crippen LogP contribution is 2.63. The third-order valence-corrected chi connectivity index (χ3v) is 5.92. The molecule has 2 N–H and O–H groups in total. The Kier molecular flexibility index (Phi) is 3.02. The largest absolute Gasteiger partial charge is 0.508 e. The normalized spacial score (nSPS) is 34.1. The number of hydrogen-bond acceptors (Lipinski definition) is 3. The Balaban J connectivity index is 1.54. The minimum absolute atomic E-state index is 0.0512. The number of rotatable bonds is 3. The Morgan fingerprint density at radius 1 is 1.43 bits per heavy atom. The van der Waals surface area contributed by atoms with Gasteiger partial charge in [0.1, 0.15) is 11.6 Å². The smallest absolute Gasteiger partial charge is 0.123 e. The lowest BCUT2D eigenvalue weighted by atomic mass is 9.46. The van der Waals surface area contributed by atoms with Crippen LogP contribution in [-0.2, 0) is 4.74 Å². The summed E-state index contributed by atoms with van der Waals surface area (Å²) in [6.07, 6.45) is 5.29. The Morgan fingerprint density at radius 3 is 2.95 bits per heavy atom. The highest BCUT2D eigenvalue weighted by atomic mass is 19.1. The molecular weight excluding hydrogens is 269 g/mol. The van der Waals surface area contributed by atoms with E-state index in [1.807, 2.05) is 6.92 Å². The summed E-state index contributed by atoms with van der Waals surface area (Å²) in [5.41, 5.74) is 0.949. The van der Waals surface area contributed by atoms with Crippen molar-refractivity contribution in [1.82, 2.24) is 5.32 Å². The maximum Gasteiger partial charge on any atom is 0.123 e. The Labute approximate surface area is 124 Å². The van der Waals surface area contributed by atoms with Crippen LogP contribution in [0.3, 0.4) is 0 Å². The fourth-order valence-corrected chi connectivity index (χ4v) is 4.73. The van der Waals surface area contributed by atoms with Crippen LogP contribution in [0.25, 0.3) is 0 Å². The monoisotopic (exact) mass is 291 g/mol. The van der Waals surface area contributed by atoms with Crippen molar-refractivity contribution >= 4 is 0 Å². The number of hydrogen-bond donors (Lipinski definition) is 2. The second-order valence-corrected chi connectivity index (χ2v) is 6.90. The summed E-state index contributed by atoms with van der Waals surface area (Å²) in [5, 5.41) is 13.6. The number of fused-ring (bicyclic) bond motifs is 2. The number of ether oxygens (including phenoxy) is 1. The molecule has 3 fully saturated rings. The summed E-state index contributed by atoms with van der Waals surface area (Å²) in [6.45, 7) is 2.87. The number of halogens is 1. The molecule has 1 saturated heterocycles. The van der Waals surface area contributed by atoms with Crippen molar-refractivity contribution in [2.75, 3.05) is 6.61 Å². The lowest BCUT2D eigenvalue weighted by Crippen LogP contribution is -2.71. The second-order valence-electron chi connectivity index (χ2n) is 6.90. The molecule has 2 aliphatic carbocycles. The van der Waals surface area contributed by atoms with Gasteiger partial charge in [-0.3, -0.25) is 0 Å². The zero-order chi connectivity index (χ0) is 14.6. The first kappa shape index (κ1) is 13.5. The van der Waals surface area contributed by atoms with Crippen molar-refractivity contribution in [2.45, 2.75) is 50.8 Å². The van der Waals surface area contributed by atoms with Crippen LogP contribution in [0.2, 0.25) is 0 Å². The first-order chi connectivity index (χ1) is 10.1. The molecule has 0 unspecified atom stereocenters. The van der Waals surface area contributed by atoms with Gasteiger partial charge < -0.3 is 15.2 Å². The topological polar surface area (TPSA) is 41.5 Å². The molecule has 1 aliphatic heterocycles. The van der Waals surface area contributed by atoms with Crippen molar-refractivity contribution in [3.05, 3.63) is 29.6 Å². The second kappa shape index (κ2) is 4.68. The van der Waals surface area contributed by atoms with E-state index in [1.165, 1.54) is 37.5 Å². The van der Waals surface area contributed by atoms with E-state index in [0.717, 1.165) is 13.0 Å². The maximum atomic E-state index is 13.4. The molecule has 0 aromatic heterocycles. The summed E-state index contributed by atoms with van der Waals surface area (Å²) in [7, 11) is 0. The fourth-order valence-electron chi connectivity index (χ4n) is 4.73. The van der Waals surface area contributed by atoms with Gasteiger partial charge in [-0.15, -0.1) is 0 Å². The molecule has 21 heavy (non-hydrogen) atoms. The number of aromatic hydroxyl groups is 1. The molecule has 3 aliphatic rings. The molecule has 2 saturated carbocycles. The lowest BCUT2D eigenvalue weighted by Gasteiger charge is -2.64. The highest BCUT2D eigenvalue weighted by Gasteiger charge is 2.66. The molecule has 1 heterocycles. The van der Waals surface area contributed by atoms with Gasteiger partial charge in [0.15, 0.2) is 0 Å². The van der Waals surface area contributed by atoms with Gasteiger partial charge in [0, 0.05) is 35.6 Å². The van der Waals surface area contributed by atoms with E-state index in [0.29, 0.717) is 29.0 Å². The minimum atomic E-state index is -0.300. The number of phenols is 1. The maximum absolute atomic E-state index is 13.4.